The first kappa shape index (κ1) is 36.0. The molecule has 0 bridgehead atoms. The van der Waals surface area contributed by atoms with Crippen molar-refractivity contribution in [3.63, 3.8) is 0 Å². The summed E-state index contributed by atoms with van der Waals surface area (Å²) in [5.41, 5.74) is 0. The van der Waals surface area contributed by atoms with Crippen molar-refractivity contribution in [3.8, 4) is 0 Å². The average Bonchev–Trinajstić information content (AvgIpc) is 2.09. The molecule has 0 aliphatic rings. The van der Waals surface area contributed by atoms with Crippen LogP contribution in [0.15, 0.2) is 0 Å². The minimum absolute atomic E-state index is 0. The molecule has 0 aromatic heterocycles. The molecule has 0 amide bonds. The minimum atomic E-state index is -0.856. The predicted molar refractivity (Wildman–Crippen MR) is 52.7 cm³/mol. The number of aliphatic carboxylic acids is 2. The third kappa shape index (κ3) is 106. The molecule has 0 spiro atoms. The Morgan fingerprint density at radius 1 is 1.00 bits per heavy atom. The fraction of sp³-hybridized carbons (Fsp3) is 0.333. The molecule has 2 N–H and O–H groups in total. The van der Waals surface area contributed by atoms with Crippen molar-refractivity contribution in [3.05, 3.63) is 28.2 Å². The Hall–Kier alpha value is 0.758. The number of carboxylic acids is 2. The summed E-state index contributed by atoms with van der Waals surface area (Å²) in [6, 6.07) is 0. The topological polar surface area (TPSA) is 74.6 Å². The summed E-state index contributed by atoms with van der Waals surface area (Å²) in [4.78, 5) is 18.6. The van der Waals surface area contributed by atoms with Gasteiger partial charge in [-0.05, 0) is 0 Å². The largest absolute Gasteiger partial charge is 3.00 e. The zero-order valence-corrected chi connectivity index (χ0v) is 13.7. The van der Waals surface area contributed by atoms with Gasteiger partial charge in [0.25, 0.3) is 11.9 Å². The Balaban J connectivity index is -0.0000000197. The fourth-order valence-electron chi connectivity index (χ4n) is 0. The van der Waals surface area contributed by atoms with E-state index in [1.807, 2.05) is 0 Å². The van der Waals surface area contributed by atoms with E-state index in [-0.39, 0.29) is 74.7 Å². The number of hydrogen-bond acceptors (Lipinski definition) is 2. The second-order valence-corrected chi connectivity index (χ2v) is 1.29. The van der Waals surface area contributed by atoms with Crippen molar-refractivity contribution in [2.45, 2.75) is 19.8 Å². The Kier molecular flexibility index (Phi) is 87.5. The first-order chi connectivity index (χ1) is 5.54. The molecule has 0 unspecified atom stereocenters. The summed E-state index contributed by atoms with van der Waals surface area (Å²) in [7, 11) is 0. The summed E-state index contributed by atoms with van der Waals surface area (Å²) in [5.74, 6) is -1.71. The van der Waals surface area contributed by atoms with E-state index in [1.54, 1.807) is 6.92 Å². The van der Waals surface area contributed by atoms with Gasteiger partial charge >= 0.3 is 21.7 Å². The SMILES string of the molecule is [CH2-]C.[CH2-]CC(=O)O.[CH2-]CC(=O)O.[CH3-].[Ti+3].[Y]. The zero-order chi connectivity index (χ0) is 10.6. The molecule has 0 fully saturated rings. The van der Waals surface area contributed by atoms with Gasteiger partial charge in [-0.15, -0.1) is 0 Å². The Morgan fingerprint density at radius 2 is 1.07 bits per heavy atom. The molecule has 0 aliphatic heterocycles. The van der Waals surface area contributed by atoms with Gasteiger partial charge in [-0.25, -0.2) is 0 Å². The summed E-state index contributed by atoms with van der Waals surface area (Å²) in [6.07, 6.45) is -0.0556. The van der Waals surface area contributed by atoms with Crippen LogP contribution in [0.3, 0.4) is 0 Å². The van der Waals surface area contributed by atoms with Crippen molar-refractivity contribution >= 4 is 11.9 Å². The first-order valence-corrected chi connectivity index (χ1v) is 3.27. The van der Waals surface area contributed by atoms with Gasteiger partial charge in [0.05, 0.1) is 0 Å². The van der Waals surface area contributed by atoms with Gasteiger partial charge in [-0.2, -0.15) is 6.92 Å². The van der Waals surface area contributed by atoms with Crippen molar-refractivity contribution in [1.29, 1.82) is 0 Å². The molecule has 15 heavy (non-hydrogen) atoms. The van der Waals surface area contributed by atoms with E-state index in [0.29, 0.717) is 0 Å². The van der Waals surface area contributed by atoms with Crippen LogP contribution >= 0.6 is 0 Å². The molecule has 0 atom stereocenters. The third-order valence-electron chi connectivity index (χ3n) is 0.428. The molecule has 0 aromatic rings. The number of rotatable bonds is 2. The Labute approximate surface area is 133 Å². The van der Waals surface area contributed by atoms with E-state index in [9.17, 15) is 9.59 Å². The van der Waals surface area contributed by atoms with Gasteiger partial charge < -0.3 is 38.4 Å². The molecule has 2 radical (unpaired) electrons. The van der Waals surface area contributed by atoms with Crippen molar-refractivity contribution in [1.82, 2.24) is 0 Å². The van der Waals surface area contributed by atoms with E-state index >= 15 is 0 Å². The molecular formula is C9H18O4TiY-. The zero-order valence-electron chi connectivity index (χ0n) is 9.32. The van der Waals surface area contributed by atoms with E-state index in [2.05, 4.69) is 20.8 Å². The van der Waals surface area contributed by atoms with Crippen LogP contribution in [0, 0.1) is 28.2 Å². The summed E-state index contributed by atoms with van der Waals surface area (Å²) in [5, 5.41) is 15.3. The second-order valence-electron chi connectivity index (χ2n) is 1.29. The quantitative estimate of drug-likeness (QED) is 0.600. The number of carbonyl (C=O) groups is 2. The van der Waals surface area contributed by atoms with Gasteiger partial charge in [-0.1, -0.05) is 12.8 Å². The maximum absolute atomic E-state index is 9.31. The van der Waals surface area contributed by atoms with Gasteiger partial charge in [0.15, 0.2) is 0 Å². The predicted octanol–water partition coefficient (Wildman–Crippen LogP) is 1.88. The molecule has 0 saturated carbocycles. The van der Waals surface area contributed by atoms with E-state index in [4.69, 9.17) is 10.2 Å². The average molecular weight is 327 g/mol. The summed E-state index contributed by atoms with van der Waals surface area (Å²) in [6.45, 7) is 11.2. The standard InChI is InChI=1S/2C3H5O2.C2H5.CH3.Ti.Y/c2*1-2-3(4)5;1-2;;;/h2*1-2H2,(H,4,5);1H2,2H3;1H3;;/q4*-1;+3;. The van der Waals surface area contributed by atoms with Gasteiger partial charge in [0, 0.05) is 32.7 Å². The molecule has 0 heterocycles. The van der Waals surface area contributed by atoms with Crippen molar-refractivity contribution in [2.75, 3.05) is 0 Å². The van der Waals surface area contributed by atoms with Crippen LogP contribution in [0.2, 0.25) is 0 Å². The monoisotopic (exact) mass is 327 g/mol. The van der Waals surface area contributed by atoms with E-state index in [1.165, 1.54) is 0 Å². The summed E-state index contributed by atoms with van der Waals surface area (Å²) < 4.78 is 0. The van der Waals surface area contributed by atoms with Crippen LogP contribution in [0.4, 0.5) is 0 Å². The van der Waals surface area contributed by atoms with Gasteiger partial charge in [-0.3, -0.25) is 9.59 Å². The van der Waals surface area contributed by atoms with Crippen LogP contribution in [0.1, 0.15) is 19.8 Å². The third-order valence-corrected chi connectivity index (χ3v) is 0.428. The van der Waals surface area contributed by atoms with Crippen LogP contribution < -0.4 is 0 Å². The maximum Gasteiger partial charge on any atom is 3.00 e. The number of hydrogen-bond donors (Lipinski definition) is 2. The fourth-order valence-corrected chi connectivity index (χ4v) is 0. The van der Waals surface area contributed by atoms with Gasteiger partial charge in [0.1, 0.15) is 0 Å². The molecular weight excluding hydrogens is 309 g/mol. The Morgan fingerprint density at radius 3 is 1.07 bits per heavy atom. The molecule has 6 heteroatoms. The van der Waals surface area contributed by atoms with Crippen molar-refractivity contribution < 1.29 is 74.2 Å². The molecule has 0 aromatic carbocycles. The van der Waals surface area contributed by atoms with Crippen LogP contribution in [-0.2, 0) is 64.0 Å². The first-order valence-electron chi connectivity index (χ1n) is 3.27. The second kappa shape index (κ2) is 36.4. The van der Waals surface area contributed by atoms with Crippen LogP contribution in [-0.4, -0.2) is 22.2 Å². The molecule has 86 valence electrons. The Bertz CT molecular complexity index is 107. The van der Waals surface area contributed by atoms with Crippen molar-refractivity contribution in [2.24, 2.45) is 0 Å². The maximum atomic E-state index is 9.31. The summed E-state index contributed by atoms with van der Waals surface area (Å²) >= 11 is 0. The van der Waals surface area contributed by atoms with Crippen LogP contribution in [0.25, 0.3) is 0 Å². The normalized spacial score (nSPS) is 5.33. The molecule has 0 rings (SSSR count). The molecule has 0 saturated heterocycles. The smallest absolute Gasteiger partial charge is 0.483 e. The molecule has 0 aliphatic carbocycles. The number of carboxylic acid groups (broad SMARTS) is 2. The van der Waals surface area contributed by atoms with Crippen LogP contribution in [0.5, 0.6) is 0 Å². The van der Waals surface area contributed by atoms with E-state index < -0.39 is 11.9 Å². The molecule has 4 nitrogen and oxygen atoms in total. The van der Waals surface area contributed by atoms with E-state index in [0.717, 1.165) is 0 Å². The minimum Gasteiger partial charge on any atom is -0.483 e. The van der Waals surface area contributed by atoms with Gasteiger partial charge in [0.2, 0.25) is 0 Å².